The molecule has 0 fully saturated rings. The normalized spacial score (nSPS) is 12.8. The fraction of sp³-hybridized carbons (Fsp3) is 0.571. The molecule has 0 aliphatic heterocycles. The van der Waals surface area contributed by atoms with E-state index < -0.39 is 12.1 Å². The molecular formula is C7H10N2O4. The van der Waals surface area contributed by atoms with Crippen LogP contribution >= 0.6 is 0 Å². The molecule has 6 heteroatoms. The molecule has 0 bridgehead atoms. The molecule has 0 amide bonds. The Labute approximate surface area is 74.5 Å². The van der Waals surface area contributed by atoms with Gasteiger partial charge in [0.05, 0.1) is 0 Å². The molecule has 72 valence electrons. The number of nitrogens with zero attached hydrogens (tertiary/aromatic N) is 2. The second kappa shape index (κ2) is 3.99. The molecular weight excluding hydrogens is 176 g/mol. The molecule has 0 saturated heterocycles. The van der Waals surface area contributed by atoms with Crippen molar-refractivity contribution < 1.29 is 19.2 Å². The monoisotopic (exact) mass is 186 g/mol. The van der Waals surface area contributed by atoms with Crippen LogP contribution in [0.4, 0.5) is 0 Å². The molecule has 0 radical (unpaired) electrons. The fourth-order valence-corrected chi connectivity index (χ4v) is 0.671. The number of carbonyl (C=O) groups is 1. The van der Waals surface area contributed by atoms with Crippen molar-refractivity contribution in [2.45, 2.75) is 26.6 Å². The van der Waals surface area contributed by atoms with Crippen LogP contribution in [0.1, 0.15) is 18.6 Å². The van der Waals surface area contributed by atoms with E-state index in [1.54, 1.807) is 6.92 Å². The van der Waals surface area contributed by atoms with Gasteiger partial charge in [-0.25, -0.2) is 4.79 Å². The summed E-state index contributed by atoms with van der Waals surface area (Å²) in [6.45, 7) is 3.14. The van der Waals surface area contributed by atoms with Crippen molar-refractivity contribution in [1.82, 2.24) is 10.1 Å². The molecule has 0 aliphatic rings. The molecule has 1 N–H and O–H groups in total. The highest BCUT2D eigenvalue weighted by molar-refractivity contribution is 5.71. The minimum atomic E-state index is -1.01. The summed E-state index contributed by atoms with van der Waals surface area (Å²) in [5, 5.41) is 12.0. The van der Waals surface area contributed by atoms with Crippen LogP contribution in [0.5, 0.6) is 0 Å². The Bertz CT molecular complexity index is 296. The number of rotatable bonds is 4. The summed E-state index contributed by atoms with van der Waals surface area (Å²) in [5.74, 6) is -0.229. The fourth-order valence-electron chi connectivity index (χ4n) is 0.671. The predicted molar refractivity (Wildman–Crippen MR) is 40.9 cm³/mol. The van der Waals surface area contributed by atoms with Gasteiger partial charge in [0.2, 0.25) is 5.89 Å². The van der Waals surface area contributed by atoms with Gasteiger partial charge in [-0.1, -0.05) is 5.16 Å². The van der Waals surface area contributed by atoms with E-state index in [-0.39, 0.29) is 6.61 Å². The van der Waals surface area contributed by atoms with Crippen LogP contribution in [0.2, 0.25) is 0 Å². The molecule has 1 unspecified atom stereocenters. The number of hydrogen-bond acceptors (Lipinski definition) is 5. The molecule has 1 heterocycles. The molecule has 1 aromatic rings. The maximum Gasteiger partial charge on any atom is 0.332 e. The van der Waals surface area contributed by atoms with Crippen molar-refractivity contribution in [3.63, 3.8) is 0 Å². The molecule has 0 saturated carbocycles. The Balaban J connectivity index is 2.39. The Morgan fingerprint density at radius 1 is 1.77 bits per heavy atom. The quantitative estimate of drug-likeness (QED) is 0.731. The number of aromatic nitrogens is 2. The summed E-state index contributed by atoms with van der Waals surface area (Å²) in [7, 11) is 0. The Kier molecular flexibility index (Phi) is 2.97. The van der Waals surface area contributed by atoms with E-state index in [0.717, 1.165) is 0 Å². The van der Waals surface area contributed by atoms with Crippen molar-refractivity contribution in [1.29, 1.82) is 0 Å². The number of aliphatic carboxylic acids is 1. The predicted octanol–water partition coefficient (Wildman–Crippen LogP) is 0.368. The van der Waals surface area contributed by atoms with Gasteiger partial charge in [-0.3, -0.25) is 0 Å². The minimum Gasteiger partial charge on any atom is -0.479 e. The van der Waals surface area contributed by atoms with Crippen molar-refractivity contribution in [3.8, 4) is 0 Å². The lowest BCUT2D eigenvalue weighted by Gasteiger charge is -2.04. The van der Waals surface area contributed by atoms with Crippen LogP contribution in [0.15, 0.2) is 4.52 Å². The van der Waals surface area contributed by atoms with Gasteiger partial charge in [-0.15, -0.1) is 0 Å². The molecule has 6 nitrogen and oxygen atoms in total. The SMILES string of the molecule is Cc1nc(COC(C)C(=O)O)no1. The van der Waals surface area contributed by atoms with Crippen LogP contribution in [-0.2, 0) is 16.1 Å². The summed E-state index contributed by atoms with van der Waals surface area (Å²) in [6.07, 6.45) is -0.862. The highest BCUT2D eigenvalue weighted by Crippen LogP contribution is 2.00. The first kappa shape index (κ1) is 9.66. The zero-order valence-electron chi connectivity index (χ0n) is 7.35. The van der Waals surface area contributed by atoms with Gasteiger partial charge in [0.15, 0.2) is 11.9 Å². The van der Waals surface area contributed by atoms with Gasteiger partial charge >= 0.3 is 5.97 Å². The summed E-state index contributed by atoms with van der Waals surface area (Å²) in [6, 6.07) is 0. The lowest BCUT2D eigenvalue weighted by Crippen LogP contribution is -2.19. The molecule has 0 spiro atoms. The smallest absolute Gasteiger partial charge is 0.332 e. The molecule has 1 atom stereocenters. The van der Waals surface area contributed by atoms with Gasteiger partial charge in [0.1, 0.15) is 6.61 Å². The van der Waals surface area contributed by atoms with Crippen LogP contribution in [0.3, 0.4) is 0 Å². The van der Waals surface area contributed by atoms with E-state index in [2.05, 4.69) is 14.7 Å². The first-order valence-electron chi connectivity index (χ1n) is 3.73. The molecule has 13 heavy (non-hydrogen) atoms. The third-order valence-electron chi connectivity index (χ3n) is 1.38. The molecule has 1 aromatic heterocycles. The number of carboxylic acid groups (broad SMARTS) is 1. The van der Waals surface area contributed by atoms with E-state index in [1.807, 2.05) is 0 Å². The summed E-state index contributed by atoms with van der Waals surface area (Å²) in [5.41, 5.74) is 0. The third-order valence-corrected chi connectivity index (χ3v) is 1.38. The van der Waals surface area contributed by atoms with Crippen LogP contribution in [0.25, 0.3) is 0 Å². The second-order valence-corrected chi connectivity index (χ2v) is 2.52. The maximum atomic E-state index is 10.3. The van der Waals surface area contributed by atoms with Crippen LogP contribution in [0, 0.1) is 6.92 Å². The van der Waals surface area contributed by atoms with Gasteiger partial charge < -0.3 is 14.4 Å². The number of aryl methyl sites for hydroxylation is 1. The Hall–Kier alpha value is -1.43. The minimum absolute atomic E-state index is 0.0464. The van der Waals surface area contributed by atoms with Gasteiger partial charge in [-0.2, -0.15) is 4.98 Å². The first-order valence-corrected chi connectivity index (χ1v) is 3.73. The van der Waals surface area contributed by atoms with Crippen molar-refractivity contribution in [2.75, 3.05) is 0 Å². The van der Waals surface area contributed by atoms with Crippen molar-refractivity contribution in [3.05, 3.63) is 11.7 Å². The Morgan fingerprint density at radius 3 is 2.92 bits per heavy atom. The molecule has 1 rings (SSSR count). The number of ether oxygens (including phenoxy) is 1. The lowest BCUT2D eigenvalue weighted by molar-refractivity contribution is -0.150. The summed E-state index contributed by atoms with van der Waals surface area (Å²) < 4.78 is 9.59. The van der Waals surface area contributed by atoms with Crippen molar-refractivity contribution in [2.24, 2.45) is 0 Å². The average Bonchev–Trinajstić information content (AvgIpc) is 2.47. The van der Waals surface area contributed by atoms with E-state index >= 15 is 0 Å². The van der Waals surface area contributed by atoms with E-state index in [0.29, 0.717) is 11.7 Å². The largest absolute Gasteiger partial charge is 0.479 e. The van der Waals surface area contributed by atoms with Crippen LogP contribution < -0.4 is 0 Å². The van der Waals surface area contributed by atoms with E-state index in [4.69, 9.17) is 9.84 Å². The second-order valence-electron chi connectivity index (χ2n) is 2.52. The highest BCUT2D eigenvalue weighted by atomic mass is 16.5. The first-order chi connectivity index (χ1) is 6.09. The molecule has 0 aromatic carbocycles. The number of hydrogen-bond donors (Lipinski definition) is 1. The zero-order valence-corrected chi connectivity index (χ0v) is 7.35. The van der Waals surface area contributed by atoms with Gasteiger partial charge in [0.25, 0.3) is 0 Å². The third kappa shape index (κ3) is 2.83. The summed E-state index contributed by atoms with van der Waals surface area (Å²) >= 11 is 0. The standard InChI is InChI=1S/C7H10N2O4/c1-4(7(10)11)12-3-6-8-5(2)13-9-6/h4H,3H2,1-2H3,(H,10,11). The molecule has 0 aliphatic carbocycles. The van der Waals surface area contributed by atoms with Crippen molar-refractivity contribution >= 4 is 5.97 Å². The van der Waals surface area contributed by atoms with Gasteiger partial charge in [0, 0.05) is 6.92 Å². The summed E-state index contributed by atoms with van der Waals surface area (Å²) in [4.78, 5) is 14.2. The average molecular weight is 186 g/mol. The highest BCUT2D eigenvalue weighted by Gasteiger charge is 2.12. The maximum absolute atomic E-state index is 10.3. The van der Waals surface area contributed by atoms with Crippen LogP contribution in [-0.4, -0.2) is 27.3 Å². The zero-order chi connectivity index (χ0) is 9.84. The van der Waals surface area contributed by atoms with E-state index in [1.165, 1.54) is 6.92 Å². The Morgan fingerprint density at radius 2 is 2.46 bits per heavy atom. The topological polar surface area (TPSA) is 85.5 Å². The lowest BCUT2D eigenvalue weighted by atomic mass is 10.4. The van der Waals surface area contributed by atoms with Gasteiger partial charge in [-0.05, 0) is 6.92 Å². The van der Waals surface area contributed by atoms with E-state index in [9.17, 15) is 4.79 Å². The number of carboxylic acids is 1.